The highest BCUT2D eigenvalue weighted by Crippen LogP contribution is 2.20. The predicted molar refractivity (Wildman–Crippen MR) is 110 cm³/mol. The molecule has 1 aliphatic rings. The number of benzene rings is 1. The summed E-state index contributed by atoms with van der Waals surface area (Å²) in [6, 6.07) is 6.61. The van der Waals surface area contributed by atoms with Crippen molar-refractivity contribution >= 4 is 23.5 Å². The number of likely N-dealkylation sites (tertiary alicyclic amines) is 1. The molecule has 1 fully saturated rings. The van der Waals surface area contributed by atoms with Crippen LogP contribution in [0.2, 0.25) is 0 Å². The van der Waals surface area contributed by atoms with Crippen LogP contribution in [-0.2, 0) is 4.79 Å². The van der Waals surface area contributed by atoms with E-state index in [9.17, 15) is 14.4 Å². The van der Waals surface area contributed by atoms with Crippen LogP contribution in [0.3, 0.4) is 0 Å². The molecule has 0 bridgehead atoms. The monoisotopic (exact) mass is 388 g/mol. The zero-order valence-electron chi connectivity index (χ0n) is 17.1. The molecule has 1 unspecified atom stereocenters. The van der Waals surface area contributed by atoms with Crippen molar-refractivity contribution in [1.82, 2.24) is 15.5 Å². The molecule has 0 aliphatic carbocycles. The Hall–Kier alpha value is -2.57. The van der Waals surface area contributed by atoms with Gasteiger partial charge in [-0.2, -0.15) is 0 Å². The first kappa shape index (κ1) is 21.7. The fourth-order valence-corrected chi connectivity index (χ4v) is 3.22. The lowest BCUT2D eigenvalue weighted by Gasteiger charge is -2.32. The molecule has 1 heterocycles. The highest BCUT2D eigenvalue weighted by atomic mass is 16.2. The molecule has 3 N–H and O–H groups in total. The maximum atomic E-state index is 12.8. The second-order valence-electron chi connectivity index (χ2n) is 7.57. The summed E-state index contributed by atoms with van der Waals surface area (Å²) in [4.78, 5) is 38.6. The Bertz CT molecular complexity index is 673. The number of piperidine rings is 1. The summed E-state index contributed by atoms with van der Waals surface area (Å²) in [6.45, 7) is 7.67. The average molecular weight is 389 g/mol. The van der Waals surface area contributed by atoms with Crippen molar-refractivity contribution in [3.05, 3.63) is 29.8 Å². The smallest absolute Gasteiger partial charge is 0.319 e. The molecule has 1 aromatic carbocycles. The van der Waals surface area contributed by atoms with Gasteiger partial charge < -0.3 is 20.9 Å². The summed E-state index contributed by atoms with van der Waals surface area (Å²) in [5, 5.41) is 8.46. The molecule has 7 heteroatoms. The minimum atomic E-state index is -0.276. The van der Waals surface area contributed by atoms with Crippen molar-refractivity contribution < 1.29 is 14.4 Å². The van der Waals surface area contributed by atoms with E-state index in [0.717, 1.165) is 25.7 Å². The molecule has 0 radical (unpaired) electrons. The second-order valence-corrected chi connectivity index (χ2v) is 7.57. The first-order valence-electron chi connectivity index (χ1n) is 10.1. The molecule has 0 saturated carbocycles. The number of anilines is 1. The number of nitrogens with zero attached hydrogens (tertiary/aromatic N) is 1. The molecular weight excluding hydrogens is 356 g/mol. The summed E-state index contributed by atoms with van der Waals surface area (Å²) in [7, 11) is 0. The largest absolute Gasteiger partial charge is 0.356 e. The van der Waals surface area contributed by atoms with Crippen LogP contribution in [0.1, 0.15) is 56.8 Å². The topological polar surface area (TPSA) is 90.5 Å². The number of unbranched alkanes of at least 4 members (excludes halogenated alkanes) is 1. The molecule has 1 aliphatic heterocycles. The number of carbonyl (C=O) groups excluding carboxylic acids is 3. The van der Waals surface area contributed by atoms with Crippen LogP contribution >= 0.6 is 0 Å². The van der Waals surface area contributed by atoms with Gasteiger partial charge in [-0.05, 0) is 57.4 Å². The van der Waals surface area contributed by atoms with Gasteiger partial charge in [-0.25, -0.2) is 4.79 Å². The normalized spacial score (nSPS) is 16.6. The highest BCUT2D eigenvalue weighted by molar-refractivity contribution is 5.96. The van der Waals surface area contributed by atoms with Gasteiger partial charge in [0.25, 0.3) is 5.91 Å². The summed E-state index contributed by atoms with van der Waals surface area (Å²) in [5.41, 5.74) is 1.18. The third-order valence-corrected chi connectivity index (χ3v) is 4.72. The van der Waals surface area contributed by atoms with Gasteiger partial charge in [0.1, 0.15) is 0 Å². The van der Waals surface area contributed by atoms with Crippen molar-refractivity contribution in [3.63, 3.8) is 0 Å². The van der Waals surface area contributed by atoms with E-state index in [-0.39, 0.29) is 29.8 Å². The summed E-state index contributed by atoms with van der Waals surface area (Å²) < 4.78 is 0. The van der Waals surface area contributed by atoms with Crippen LogP contribution in [0, 0.1) is 5.92 Å². The quantitative estimate of drug-likeness (QED) is 0.627. The molecule has 1 saturated heterocycles. The predicted octanol–water partition coefficient (Wildman–Crippen LogP) is 2.99. The van der Waals surface area contributed by atoms with Crippen molar-refractivity contribution in [2.24, 2.45) is 5.92 Å². The van der Waals surface area contributed by atoms with Gasteiger partial charge in [-0.3, -0.25) is 9.59 Å². The first-order valence-corrected chi connectivity index (χ1v) is 10.1. The Kier molecular flexibility index (Phi) is 8.29. The van der Waals surface area contributed by atoms with Crippen molar-refractivity contribution in [1.29, 1.82) is 0 Å². The molecule has 0 spiro atoms. The van der Waals surface area contributed by atoms with Crippen molar-refractivity contribution in [2.75, 3.05) is 25.0 Å². The summed E-state index contributed by atoms with van der Waals surface area (Å²) in [6.07, 6.45) is 3.65. The van der Waals surface area contributed by atoms with Crippen LogP contribution in [0.5, 0.6) is 0 Å². The lowest BCUT2D eigenvalue weighted by Crippen LogP contribution is -2.45. The van der Waals surface area contributed by atoms with Gasteiger partial charge in [0.2, 0.25) is 5.91 Å². The van der Waals surface area contributed by atoms with E-state index in [1.54, 1.807) is 29.2 Å². The number of carbonyl (C=O) groups is 3. The lowest BCUT2D eigenvalue weighted by molar-refractivity contribution is -0.126. The van der Waals surface area contributed by atoms with E-state index in [1.165, 1.54) is 0 Å². The maximum Gasteiger partial charge on any atom is 0.319 e. The third-order valence-electron chi connectivity index (χ3n) is 4.72. The zero-order chi connectivity index (χ0) is 20.5. The minimum Gasteiger partial charge on any atom is -0.356 e. The molecule has 1 atom stereocenters. The Labute approximate surface area is 167 Å². The summed E-state index contributed by atoms with van der Waals surface area (Å²) in [5.74, 6) is -0.180. The summed E-state index contributed by atoms with van der Waals surface area (Å²) >= 11 is 0. The fraction of sp³-hybridized carbons (Fsp3) is 0.571. The Morgan fingerprint density at radius 2 is 1.89 bits per heavy atom. The van der Waals surface area contributed by atoms with Crippen molar-refractivity contribution in [3.8, 4) is 0 Å². The van der Waals surface area contributed by atoms with Gasteiger partial charge in [-0.15, -0.1) is 0 Å². The highest BCUT2D eigenvalue weighted by Gasteiger charge is 2.28. The number of amides is 4. The van der Waals surface area contributed by atoms with Gasteiger partial charge in [0.15, 0.2) is 0 Å². The minimum absolute atomic E-state index is 0.0432. The van der Waals surface area contributed by atoms with Crippen LogP contribution in [0.4, 0.5) is 10.5 Å². The van der Waals surface area contributed by atoms with Gasteiger partial charge in [0, 0.05) is 36.9 Å². The van der Waals surface area contributed by atoms with E-state index in [0.29, 0.717) is 30.9 Å². The molecule has 28 heavy (non-hydrogen) atoms. The maximum absolute atomic E-state index is 12.8. The van der Waals surface area contributed by atoms with Crippen LogP contribution in [0.25, 0.3) is 0 Å². The molecule has 1 aromatic rings. The molecule has 7 nitrogen and oxygen atoms in total. The SMILES string of the molecule is CCCCNC(=O)C1CCCN(C(=O)c2ccc(NC(=O)NC(C)C)cc2)C1. The van der Waals surface area contributed by atoms with Gasteiger partial charge in [0.05, 0.1) is 5.92 Å². The lowest BCUT2D eigenvalue weighted by atomic mass is 9.96. The standard InChI is InChI=1S/C21H32N4O3/c1-4-5-12-22-19(26)17-7-6-13-25(14-17)20(27)16-8-10-18(11-9-16)24-21(28)23-15(2)3/h8-11,15,17H,4-7,12-14H2,1-3H3,(H,22,26)(H2,23,24,28). The Balaban J connectivity index is 1.91. The Morgan fingerprint density at radius 3 is 2.54 bits per heavy atom. The van der Waals surface area contributed by atoms with E-state index in [2.05, 4.69) is 22.9 Å². The van der Waals surface area contributed by atoms with Crippen molar-refractivity contribution in [2.45, 2.75) is 52.5 Å². The molecule has 154 valence electrons. The third kappa shape index (κ3) is 6.55. The number of urea groups is 1. The molecule has 0 aromatic heterocycles. The van der Waals surface area contributed by atoms with E-state index >= 15 is 0 Å². The van der Waals surface area contributed by atoms with Gasteiger partial charge >= 0.3 is 6.03 Å². The van der Waals surface area contributed by atoms with Crippen LogP contribution < -0.4 is 16.0 Å². The van der Waals surface area contributed by atoms with Crippen LogP contribution in [0.15, 0.2) is 24.3 Å². The van der Waals surface area contributed by atoms with Crippen LogP contribution in [-0.4, -0.2) is 48.4 Å². The van der Waals surface area contributed by atoms with E-state index < -0.39 is 0 Å². The number of hydrogen-bond donors (Lipinski definition) is 3. The Morgan fingerprint density at radius 1 is 1.18 bits per heavy atom. The average Bonchev–Trinajstić information content (AvgIpc) is 2.67. The van der Waals surface area contributed by atoms with Gasteiger partial charge in [-0.1, -0.05) is 13.3 Å². The fourth-order valence-electron chi connectivity index (χ4n) is 3.22. The number of hydrogen-bond acceptors (Lipinski definition) is 3. The van der Waals surface area contributed by atoms with E-state index in [1.807, 2.05) is 13.8 Å². The first-order chi connectivity index (χ1) is 13.4. The van der Waals surface area contributed by atoms with E-state index in [4.69, 9.17) is 0 Å². The zero-order valence-corrected chi connectivity index (χ0v) is 17.1. The molecule has 4 amide bonds. The number of nitrogens with one attached hydrogen (secondary N) is 3. The number of rotatable bonds is 7. The molecular formula is C21H32N4O3. The molecule has 2 rings (SSSR count). The second kappa shape index (κ2) is 10.7.